The Labute approximate surface area is 209 Å². The number of piperazine rings is 1. The smallest absolute Gasteiger partial charge is 0.294 e. The van der Waals surface area contributed by atoms with Crippen molar-refractivity contribution in [2.75, 3.05) is 55.6 Å². The van der Waals surface area contributed by atoms with Crippen molar-refractivity contribution in [3.63, 3.8) is 0 Å². The summed E-state index contributed by atoms with van der Waals surface area (Å²) in [6.07, 6.45) is 6.36. The minimum absolute atomic E-state index is 0.206. The van der Waals surface area contributed by atoms with Gasteiger partial charge in [0.1, 0.15) is 12.3 Å². The van der Waals surface area contributed by atoms with E-state index in [0.29, 0.717) is 18.8 Å². The van der Waals surface area contributed by atoms with Crippen LogP contribution in [-0.4, -0.2) is 72.7 Å². The van der Waals surface area contributed by atoms with E-state index in [4.69, 9.17) is 4.42 Å². The topological polar surface area (TPSA) is 77.3 Å². The van der Waals surface area contributed by atoms with Crippen molar-refractivity contribution in [2.45, 2.75) is 25.7 Å². The summed E-state index contributed by atoms with van der Waals surface area (Å²) in [4.78, 5) is 45.8. The second-order valence-corrected chi connectivity index (χ2v) is 10.0. The molecule has 3 aliphatic rings. The number of nitrogens with zero attached hydrogens (tertiary/aromatic N) is 4. The van der Waals surface area contributed by atoms with Crippen LogP contribution in [0.15, 0.2) is 51.8 Å². The van der Waals surface area contributed by atoms with Gasteiger partial charge in [-0.25, -0.2) is 0 Å². The summed E-state index contributed by atoms with van der Waals surface area (Å²) in [6.45, 7) is 4.25. The predicted octanol–water partition coefficient (Wildman–Crippen LogP) is 4.05. The summed E-state index contributed by atoms with van der Waals surface area (Å²) >= 11 is 0.857. The van der Waals surface area contributed by atoms with Crippen LogP contribution in [0.3, 0.4) is 0 Å². The van der Waals surface area contributed by atoms with Crippen LogP contribution in [0.4, 0.5) is 16.4 Å². The van der Waals surface area contributed by atoms with Gasteiger partial charge in [-0.3, -0.25) is 19.3 Å². The Morgan fingerprint density at radius 3 is 2.29 bits per heavy atom. The zero-order chi connectivity index (χ0) is 24.2. The maximum Gasteiger partial charge on any atom is 0.294 e. The fourth-order valence-electron chi connectivity index (χ4n) is 4.73. The van der Waals surface area contributed by atoms with Crippen LogP contribution in [0, 0.1) is 0 Å². The number of para-hydroxylation sites is 1. The molecular formula is C26H30N4O4S. The van der Waals surface area contributed by atoms with Gasteiger partial charge in [0.15, 0.2) is 5.88 Å². The number of thioether (sulfide) groups is 1. The molecular weight excluding hydrogens is 464 g/mol. The third-order valence-corrected chi connectivity index (χ3v) is 7.63. The van der Waals surface area contributed by atoms with Gasteiger partial charge in [-0.15, -0.1) is 0 Å². The first-order valence-electron chi connectivity index (χ1n) is 12.3. The molecule has 184 valence electrons. The molecule has 2 aromatic rings. The molecule has 1 aromatic heterocycles. The van der Waals surface area contributed by atoms with Crippen molar-refractivity contribution in [3.8, 4) is 0 Å². The van der Waals surface area contributed by atoms with Crippen molar-refractivity contribution >= 4 is 46.5 Å². The number of benzene rings is 1. The molecule has 3 amide bonds. The van der Waals surface area contributed by atoms with Crippen LogP contribution in [0.2, 0.25) is 0 Å². The van der Waals surface area contributed by atoms with Crippen molar-refractivity contribution in [3.05, 3.63) is 53.1 Å². The number of carbonyl (C=O) groups is 3. The Hall–Kier alpha value is -3.20. The van der Waals surface area contributed by atoms with Gasteiger partial charge in [0, 0.05) is 57.1 Å². The van der Waals surface area contributed by atoms with Gasteiger partial charge in [-0.05, 0) is 42.8 Å². The molecule has 3 saturated heterocycles. The summed E-state index contributed by atoms with van der Waals surface area (Å²) in [5.74, 6) is 0.687. The van der Waals surface area contributed by atoms with E-state index in [2.05, 4.69) is 21.9 Å². The number of anilines is 2. The molecule has 3 aliphatic heterocycles. The first-order chi connectivity index (χ1) is 17.1. The molecule has 8 nitrogen and oxygen atoms in total. The summed E-state index contributed by atoms with van der Waals surface area (Å²) in [5.41, 5.74) is 1.13. The molecule has 4 heterocycles. The molecule has 1 aromatic carbocycles. The fourth-order valence-corrected chi connectivity index (χ4v) is 5.55. The lowest BCUT2D eigenvalue weighted by Crippen LogP contribution is -2.51. The average Bonchev–Trinajstić information content (AvgIpc) is 3.32. The molecule has 0 unspecified atom stereocenters. The Balaban J connectivity index is 1.18. The number of carbonyl (C=O) groups excluding carboxylic acids is 3. The highest BCUT2D eigenvalue weighted by atomic mass is 32.2. The van der Waals surface area contributed by atoms with Crippen molar-refractivity contribution < 1.29 is 18.8 Å². The monoisotopic (exact) mass is 494 g/mol. The lowest BCUT2D eigenvalue weighted by Gasteiger charge is -2.36. The van der Waals surface area contributed by atoms with Crippen LogP contribution >= 0.6 is 11.8 Å². The van der Waals surface area contributed by atoms with Gasteiger partial charge in [-0.1, -0.05) is 31.0 Å². The molecule has 0 saturated carbocycles. The van der Waals surface area contributed by atoms with E-state index in [1.54, 1.807) is 11.0 Å². The van der Waals surface area contributed by atoms with E-state index in [1.165, 1.54) is 12.8 Å². The second kappa shape index (κ2) is 10.6. The van der Waals surface area contributed by atoms with Gasteiger partial charge >= 0.3 is 0 Å². The van der Waals surface area contributed by atoms with Crippen LogP contribution in [0.1, 0.15) is 31.4 Å². The van der Waals surface area contributed by atoms with Crippen LogP contribution in [-0.2, 0) is 9.59 Å². The van der Waals surface area contributed by atoms with Crippen LogP contribution in [0.5, 0.6) is 0 Å². The molecule has 0 aliphatic carbocycles. The molecule has 3 fully saturated rings. The van der Waals surface area contributed by atoms with E-state index in [9.17, 15) is 14.4 Å². The maximum atomic E-state index is 12.9. The van der Waals surface area contributed by atoms with Crippen LogP contribution in [0.25, 0.3) is 6.08 Å². The zero-order valence-electron chi connectivity index (χ0n) is 19.7. The molecule has 0 radical (unpaired) electrons. The van der Waals surface area contributed by atoms with Gasteiger partial charge in [0.2, 0.25) is 5.91 Å². The lowest BCUT2D eigenvalue weighted by molar-refractivity contribution is -0.136. The molecule has 35 heavy (non-hydrogen) atoms. The number of furan rings is 1. The summed E-state index contributed by atoms with van der Waals surface area (Å²) in [6, 6.07) is 13.8. The van der Waals surface area contributed by atoms with Crippen molar-refractivity contribution in [1.29, 1.82) is 0 Å². The first kappa shape index (κ1) is 23.5. The quantitative estimate of drug-likeness (QED) is 0.581. The third kappa shape index (κ3) is 5.40. The standard InChI is InChI=1S/C26H30N4O4S/c31-23(28-16-14-27(15-17-28)20-8-4-3-5-9-20)19-30-25(32)22(35-26(30)33)18-21-10-11-24(34-21)29-12-6-1-2-7-13-29/h3-5,8-11,18H,1-2,6-7,12-17,19H2/b22-18+. The number of hydrogen-bond donors (Lipinski definition) is 0. The van der Waals surface area contributed by atoms with E-state index < -0.39 is 11.1 Å². The molecule has 0 spiro atoms. The highest BCUT2D eigenvalue weighted by molar-refractivity contribution is 8.18. The van der Waals surface area contributed by atoms with Gasteiger partial charge in [0.25, 0.3) is 11.1 Å². The highest BCUT2D eigenvalue weighted by Crippen LogP contribution is 2.33. The highest BCUT2D eigenvalue weighted by Gasteiger charge is 2.37. The normalized spacial score (nSPS) is 20.6. The van der Waals surface area contributed by atoms with Gasteiger partial charge in [-0.2, -0.15) is 0 Å². The van der Waals surface area contributed by atoms with E-state index in [1.807, 2.05) is 30.3 Å². The maximum absolute atomic E-state index is 12.9. The first-order valence-corrected chi connectivity index (χ1v) is 13.1. The molecule has 5 rings (SSSR count). The number of amides is 3. The van der Waals surface area contributed by atoms with E-state index in [0.717, 1.165) is 67.3 Å². The SMILES string of the molecule is O=C(CN1C(=O)S/C(=C/c2ccc(N3CCCCCC3)o2)C1=O)N1CCN(c2ccccc2)CC1. The Bertz CT molecular complexity index is 1100. The molecule has 0 N–H and O–H groups in total. The second-order valence-electron chi connectivity index (χ2n) is 9.05. The number of imide groups is 1. The lowest BCUT2D eigenvalue weighted by atomic mass is 10.2. The average molecular weight is 495 g/mol. The van der Waals surface area contributed by atoms with Crippen LogP contribution < -0.4 is 9.80 Å². The molecule has 0 bridgehead atoms. The fraction of sp³-hybridized carbons (Fsp3) is 0.423. The number of rotatable bonds is 5. The third-order valence-electron chi connectivity index (χ3n) is 6.72. The van der Waals surface area contributed by atoms with Gasteiger partial charge in [0.05, 0.1) is 4.91 Å². The Morgan fingerprint density at radius 1 is 0.857 bits per heavy atom. The summed E-state index contributed by atoms with van der Waals surface area (Å²) < 4.78 is 5.96. The predicted molar refractivity (Wildman–Crippen MR) is 137 cm³/mol. The Morgan fingerprint density at radius 2 is 1.57 bits per heavy atom. The zero-order valence-corrected chi connectivity index (χ0v) is 20.5. The summed E-state index contributed by atoms with van der Waals surface area (Å²) in [5, 5.41) is -0.420. The minimum atomic E-state index is -0.441. The molecule has 0 atom stereocenters. The summed E-state index contributed by atoms with van der Waals surface area (Å²) in [7, 11) is 0. The molecule has 9 heteroatoms. The number of hydrogen-bond acceptors (Lipinski definition) is 7. The minimum Gasteiger partial charge on any atom is -0.441 e. The largest absolute Gasteiger partial charge is 0.441 e. The van der Waals surface area contributed by atoms with Crippen molar-refractivity contribution in [2.24, 2.45) is 0 Å². The van der Waals surface area contributed by atoms with E-state index >= 15 is 0 Å². The van der Waals surface area contributed by atoms with Gasteiger partial charge < -0.3 is 19.1 Å². The van der Waals surface area contributed by atoms with Crippen molar-refractivity contribution in [1.82, 2.24) is 9.80 Å². The van der Waals surface area contributed by atoms with E-state index in [-0.39, 0.29) is 17.4 Å². The Kier molecular flexibility index (Phi) is 7.13.